The number of benzene rings is 2. The maximum Gasteiger partial charge on any atom is 0.243 e. The van der Waals surface area contributed by atoms with Gasteiger partial charge in [0.25, 0.3) is 0 Å². The van der Waals surface area contributed by atoms with Gasteiger partial charge in [0.2, 0.25) is 17.7 Å². The number of phenols is 1. The van der Waals surface area contributed by atoms with Gasteiger partial charge in [-0.1, -0.05) is 32.0 Å². The first-order valence-electron chi connectivity index (χ1n) is 14.5. The van der Waals surface area contributed by atoms with Crippen LogP contribution in [0.2, 0.25) is 0 Å². The number of aromatic hydroxyl groups is 1. The molecule has 0 unspecified atom stereocenters. The number of para-hydroxylation sites is 1. The van der Waals surface area contributed by atoms with Crippen LogP contribution in [0.4, 0.5) is 8.78 Å². The third kappa shape index (κ3) is 9.89. The van der Waals surface area contributed by atoms with Crippen LogP contribution in [-0.2, 0) is 27.2 Å². The predicted octanol–water partition coefficient (Wildman–Crippen LogP) is 1.89. The molecule has 0 aliphatic carbocycles. The van der Waals surface area contributed by atoms with Crippen molar-refractivity contribution in [2.24, 2.45) is 5.92 Å². The largest absolute Gasteiger partial charge is 0.505 e. The van der Waals surface area contributed by atoms with E-state index >= 15 is 0 Å². The summed E-state index contributed by atoms with van der Waals surface area (Å²) in [5.41, 5.74) is 1.07. The van der Waals surface area contributed by atoms with Crippen molar-refractivity contribution in [3.8, 4) is 11.5 Å². The van der Waals surface area contributed by atoms with Crippen molar-refractivity contribution in [2.75, 3.05) is 33.8 Å². The number of halogens is 2. The molecule has 4 atom stereocenters. The summed E-state index contributed by atoms with van der Waals surface area (Å²) in [6, 6.07) is 5.23. The van der Waals surface area contributed by atoms with E-state index in [4.69, 9.17) is 4.74 Å². The Morgan fingerprint density at radius 2 is 1.74 bits per heavy atom. The van der Waals surface area contributed by atoms with Crippen LogP contribution in [-0.4, -0.2) is 85.7 Å². The predicted molar refractivity (Wildman–Crippen MR) is 159 cm³/mol. The smallest absolute Gasteiger partial charge is 0.243 e. The number of likely N-dealkylation sites (N-methyl/N-ethyl adjacent to an activating group) is 1. The van der Waals surface area contributed by atoms with Crippen molar-refractivity contribution < 1.29 is 33.0 Å². The summed E-state index contributed by atoms with van der Waals surface area (Å²) in [5, 5.41) is 21.2. The number of amides is 3. The topological polar surface area (TPSA) is 132 Å². The van der Waals surface area contributed by atoms with Crippen molar-refractivity contribution in [1.82, 2.24) is 26.2 Å². The number of nitrogens with zero attached hydrogens (tertiary/aromatic N) is 1. The molecule has 3 rings (SSSR count). The minimum atomic E-state index is -0.975. The van der Waals surface area contributed by atoms with Gasteiger partial charge in [-0.3, -0.25) is 19.7 Å². The number of nitrogens with one attached hydrogen (secondary N) is 4. The Kier molecular flexibility index (Phi) is 12.3. The monoisotopic (exact) mass is 603 g/mol. The summed E-state index contributed by atoms with van der Waals surface area (Å²) in [6.45, 7) is 5.86. The van der Waals surface area contributed by atoms with E-state index in [1.807, 2.05) is 0 Å². The molecule has 10 nitrogen and oxygen atoms in total. The Morgan fingerprint density at radius 1 is 1.00 bits per heavy atom. The molecule has 0 fully saturated rings. The van der Waals surface area contributed by atoms with Crippen molar-refractivity contribution in [3.05, 3.63) is 59.2 Å². The molecule has 5 N–H and O–H groups in total. The fourth-order valence-corrected chi connectivity index (χ4v) is 4.88. The molecule has 43 heavy (non-hydrogen) atoms. The van der Waals surface area contributed by atoms with E-state index in [2.05, 4.69) is 21.3 Å². The van der Waals surface area contributed by atoms with Gasteiger partial charge in [0.05, 0.1) is 6.04 Å². The molecule has 3 amide bonds. The lowest BCUT2D eigenvalue weighted by molar-refractivity contribution is -0.133. The van der Waals surface area contributed by atoms with Gasteiger partial charge in [-0.2, -0.15) is 0 Å². The maximum atomic E-state index is 14.8. The van der Waals surface area contributed by atoms with Gasteiger partial charge < -0.3 is 30.7 Å². The zero-order valence-electron chi connectivity index (χ0n) is 25.4. The van der Waals surface area contributed by atoms with Crippen LogP contribution < -0.4 is 26.0 Å². The van der Waals surface area contributed by atoms with Gasteiger partial charge in [0.1, 0.15) is 18.7 Å². The third-order valence-electron chi connectivity index (χ3n) is 7.13. The molecule has 1 heterocycles. The Hall–Kier alpha value is -3.77. The van der Waals surface area contributed by atoms with E-state index in [0.717, 1.165) is 6.07 Å². The van der Waals surface area contributed by atoms with Gasteiger partial charge in [-0.05, 0) is 75.5 Å². The first kappa shape index (κ1) is 33.7. The van der Waals surface area contributed by atoms with Crippen LogP contribution in [0.1, 0.15) is 38.3 Å². The molecule has 236 valence electrons. The molecule has 1 aliphatic heterocycles. The second-order valence-electron chi connectivity index (χ2n) is 11.6. The number of fused-ring (bicyclic) bond motifs is 1. The van der Waals surface area contributed by atoms with Crippen molar-refractivity contribution in [1.29, 1.82) is 0 Å². The molecule has 0 saturated heterocycles. The molecular formula is C31H43F2N5O5. The Balaban J connectivity index is 1.95. The van der Waals surface area contributed by atoms with Crippen molar-refractivity contribution in [3.63, 3.8) is 0 Å². The highest BCUT2D eigenvalue weighted by Crippen LogP contribution is 2.24. The van der Waals surface area contributed by atoms with E-state index in [-0.39, 0.29) is 37.1 Å². The highest BCUT2D eigenvalue weighted by atomic mass is 19.1. The Labute approximate surface area is 251 Å². The molecule has 0 spiro atoms. The SMILES string of the molecule is CC(C)[C@H]1NC(=O)[C@@H](Cc2ccc(O)c(F)c2)N[C@@H](C)COc2c(F)cccc2CCCNC(=O)[C@H](CN(C)C)NC1=O. The molecule has 1 aliphatic rings. The molecule has 0 bridgehead atoms. The third-order valence-corrected chi connectivity index (χ3v) is 7.13. The van der Waals surface area contributed by atoms with Gasteiger partial charge >= 0.3 is 0 Å². The second-order valence-corrected chi connectivity index (χ2v) is 11.6. The quantitative estimate of drug-likeness (QED) is 0.353. The lowest BCUT2D eigenvalue weighted by Gasteiger charge is -2.29. The highest BCUT2D eigenvalue weighted by molar-refractivity contribution is 5.93. The Bertz CT molecular complexity index is 1280. The summed E-state index contributed by atoms with van der Waals surface area (Å²) in [5.74, 6) is -3.52. The number of hydrogen-bond donors (Lipinski definition) is 5. The lowest BCUT2D eigenvalue weighted by atomic mass is 10.00. The highest BCUT2D eigenvalue weighted by Gasteiger charge is 2.32. The van der Waals surface area contributed by atoms with Crippen LogP contribution in [0.3, 0.4) is 0 Å². The van der Waals surface area contributed by atoms with Crippen molar-refractivity contribution >= 4 is 17.7 Å². The zero-order chi connectivity index (χ0) is 31.7. The fraction of sp³-hybridized carbons (Fsp3) is 0.516. The number of rotatable bonds is 5. The fourth-order valence-electron chi connectivity index (χ4n) is 4.88. The van der Waals surface area contributed by atoms with Gasteiger partial charge in [0, 0.05) is 19.1 Å². The first-order valence-corrected chi connectivity index (χ1v) is 14.5. The summed E-state index contributed by atoms with van der Waals surface area (Å²) in [4.78, 5) is 42.0. The summed E-state index contributed by atoms with van der Waals surface area (Å²) >= 11 is 0. The van der Waals surface area contributed by atoms with Gasteiger partial charge in [-0.25, -0.2) is 8.78 Å². The average Bonchev–Trinajstić information content (AvgIpc) is 2.93. The first-order chi connectivity index (χ1) is 20.3. The molecule has 0 radical (unpaired) electrons. The Morgan fingerprint density at radius 3 is 2.42 bits per heavy atom. The normalized spacial score (nSPS) is 23.0. The summed E-state index contributed by atoms with van der Waals surface area (Å²) in [6.07, 6.45) is 0.973. The van der Waals surface area contributed by atoms with Crippen LogP contribution in [0.5, 0.6) is 11.5 Å². The summed E-state index contributed by atoms with van der Waals surface area (Å²) in [7, 11) is 3.56. The molecule has 0 saturated carbocycles. The second kappa shape index (κ2) is 15.6. The maximum absolute atomic E-state index is 14.8. The average molecular weight is 604 g/mol. The van der Waals surface area contributed by atoms with E-state index < -0.39 is 53.4 Å². The lowest BCUT2D eigenvalue weighted by Crippen LogP contribution is -2.60. The number of carbonyl (C=O) groups excluding carboxylic acids is 3. The molecule has 12 heteroatoms. The minimum absolute atomic E-state index is 0.0126. The zero-order valence-corrected chi connectivity index (χ0v) is 25.4. The van der Waals surface area contributed by atoms with Crippen LogP contribution in [0.15, 0.2) is 36.4 Å². The van der Waals surface area contributed by atoms with Crippen LogP contribution >= 0.6 is 0 Å². The van der Waals surface area contributed by atoms with E-state index in [9.17, 15) is 28.3 Å². The van der Waals surface area contributed by atoms with Crippen molar-refractivity contribution in [2.45, 2.75) is 64.2 Å². The number of carbonyl (C=O) groups is 3. The number of phenolic OH excluding ortho intramolecular Hbond substituents is 1. The number of ether oxygens (including phenoxy) is 1. The molecule has 2 aromatic carbocycles. The van der Waals surface area contributed by atoms with E-state index in [1.165, 1.54) is 18.2 Å². The minimum Gasteiger partial charge on any atom is -0.505 e. The number of aryl methyl sites for hydroxylation is 1. The van der Waals surface area contributed by atoms with Crippen LogP contribution in [0.25, 0.3) is 0 Å². The van der Waals surface area contributed by atoms with Gasteiger partial charge in [0.15, 0.2) is 23.1 Å². The van der Waals surface area contributed by atoms with E-state index in [0.29, 0.717) is 30.5 Å². The standard InChI is InChI=1S/C31H43F2N5O5/c1-18(2)27-31(42)36-25(16-38(4)5)29(40)34-13-7-9-21-8-6-10-22(32)28(21)43-17-19(3)35-24(30(41)37-27)15-20-11-12-26(39)23(33)14-20/h6,8,10-12,14,18-19,24-25,27,35,39H,7,9,13,15-17H2,1-5H3,(H,34,40)(H,36,42)(H,37,41)/t19-,24+,25-,27+/m0/s1. The van der Waals surface area contributed by atoms with Gasteiger partial charge in [-0.15, -0.1) is 0 Å². The summed E-state index contributed by atoms with van der Waals surface area (Å²) < 4.78 is 34.8. The number of hydrogen-bond acceptors (Lipinski definition) is 7. The van der Waals surface area contributed by atoms with E-state index in [1.54, 1.807) is 51.9 Å². The molecule has 0 aromatic heterocycles. The van der Waals surface area contributed by atoms with Crippen LogP contribution in [0, 0.1) is 17.6 Å². The molecular weight excluding hydrogens is 560 g/mol. The molecule has 2 aromatic rings.